The maximum atomic E-state index is 13.2. The summed E-state index contributed by atoms with van der Waals surface area (Å²) >= 11 is 0. The molecule has 1 aromatic carbocycles. The van der Waals surface area contributed by atoms with Gasteiger partial charge in [0.2, 0.25) is 11.8 Å². The number of ether oxygens (including phenoxy) is 1. The third-order valence-electron chi connectivity index (χ3n) is 4.62. The summed E-state index contributed by atoms with van der Waals surface area (Å²) in [6.45, 7) is 8.75. The van der Waals surface area contributed by atoms with Crippen LogP contribution in [0.4, 0.5) is 4.79 Å². The zero-order valence-corrected chi connectivity index (χ0v) is 18.8. The van der Waals surface area contributed by atoms with E-state index in [0.717, 1.165) is 16.7 Å². The van der Waals surface area contributed by atoms with Crippen LogP contribution in [0.5, 0.6) is 11.8 Å². The van der Waals surface area contributed by atoms with Crippen LogP contribution >= 0.6 is 0 Å². The second-order valence-corrected chi connectivity index (χ2v) is 8.41. The van der Waals surface area contributed by atoms with Gasteiger partial charge < -0.3 is 25.1 Å². The molecule has 8 heteroatoms. The molecule has 0 spiro atoms. The summed E-state index contributed by atoms with van der Waals surface area (Å²) in [5.41, 5.74) is 0.187. The Bertz CT molecular complexity index is 899. The fourth-order valence-electron chi connectivity index (χ4n) is 3.07. The molecule has 1 aromatic heterocycles. The van der Waals surface area contributed by atoms with Gasteiger partial charge in [0.05, 0.1) is 11.6 Å². The third-order valence-corrected chi connectivity index (χ3v) is 4.62. The van der Waals surface area contributed by atoms with E-state index in [4.69, 9.17) is 9.57 Å². The smallest absolute Gasteiger partial charge is 0.408 e. The lowest BCUT2D eigenvalue weighted by Crippen LogP contribution is -2.43. The van der Waals surface area contributed by atoms with E-state index in [0.29, 0.717) is 12.8 Å². The Balaban J connectivity index is 2.26. The van der Waals surface area contributed by atoms with Crippen molar-refractivity contribution in [2.24, 2.45) is 0 Å². The molecule has 0 bridgehead atoms. The molecule has 0 fully saturated rings. The Hall–Kier alpha value is -3.16. The summed E-state index contributed by atoms with van der Waals surface area (Å²) < 4.78 is 6.10. The molecule has 1 heterocycles. The normalized spacial score (nSPS) is 12.3. The highest BCUT2D eigenvalue weighted by Crippen LogP contribution is 2.33. The minimum Gasteiger partial charge on any atom is -0.492 e. The first kappa shape index (κ1) is 24.1. The number of benzene rings is 1. The fraction of sp³-hybridized carbons (Fsp3) is 0.478. The van der Waals surface area contributed by atoms with Crippen molar-refractivity contribution < 1.29 is 29.4 Å². The molecule has 0 aliphatic heterocycles. The largest absolute Gasteiger partial charge is 0.492 e. The molecule has 2 rings (SSSR count). The highest BCUT2D eigenvalue weighted by atomic mass is 16.7. The van der Waals surface area contributed by atoms with E-state index in [-0.39, 0.29) is 23.6 Å². The van der Waals surface area contributed by atoms with E-state index in [2.05, 4.69) is 5.32 Å². The van der Waals surface area contributed by atoms with Crippen LogP contribution in [0.2, 0.25) is 0 Å². The van der Waals surface area contributed by atoms with Crippen molar-refractivity contribution in [2.45, 2.75) is 72.1 Å². The quantitative estimate of drug-likeness (QED) is 0.515. The van der Waals surface area contributed by atoms with Gasteiger partial charge >= 0.3 is 6.09 Å². The number of nitrogens with zero attached hydrogens (tertiary/aromatic N) is 1. The first-order valence-electron chi connectivity index (χ1n) is 10.4. The number of rotatable bonds is 9. The molecule has 0 unspecified atom stereocenters. The Kier molecular flexibility index (Phi) is 7.96. The van der Waals surface area contributed by atoms with Crippen molar-refractivity contribution in [3.8, 4) is 11.8 Å². The predicted octanol–water partition coefficient (Wildman–Crippen LogP) is 4.10. The highest BCUT2D eigenvalue weighted by Gasteiger charge is 2.32. The lowest BCUT2D eigenvalue weighted by atomic mass is 9.98. The third kappa shape index (κ3) is 6.41. The van der Waals surface area contributed by atoms with Gasteiger partial charge in [0.25, 0.3) is 0 Å². The molecule has 1 atom stereocenters. The number of hydrogen-bond acceptors (Lipinski definition) is 6. The number of aromatic hydroxyl groups is 2. The first-order chi connectivity index (χ1) is 14.5. The summed E-state index contributed by atoms with van der Waals surface area (Å²) in [6.07, 6.45) is 1.15. The highest BCUT2D eigenvalue weighted by molar-refractivity contribution is 6.05. The number of nitrogens with one attached hydrogen (secondary N) is 1. The molecule has 3 N–H and O–H groups in total. The van der Waals surface area contributed by atoms with Crippen LogP contribution in [0.15, 0.2) is 30.3 Å². The predicted molar refractivity (Wildman–Crippen MR) is 116 cm³/mol. The average molecular weight is 433 g/mol. The van der Waals surface area contributed by atoms with Gasteiger partial charge in [-0.3, -0.25) is 4.79 Å². The summed E-state index contributed by atoms with van der Waals surface area (Å²) in [4.78, 5) is 31.0. The molecule has 0 saturated carbocycles. The van der Waals surface area contributed by atoms with E-state index in [1.807, 2.05) is 37.3 Å². The van der Waals surface area contributed by atoms with Gasteiger partial charge in [-0.2, -0.15) is 0 Å². The van der Waals surface area contributed by atoms with Crippen LogP contribution in [0, 0.1) is 6.92 Å². The van der Waals surface area contributed by atoms with Gasteiger partial charge in [-0.25, -0.2) is 4.79 Å². The molecular formula is C23H32N2O6. The topological polar surface area (TPSA) is 110 Å². The number of alkyl carbamates (subject to hydrolysis) is 1. The van der Waals surface area contributed by atoms with E-state index >= 15 is 0 Å². The molecule has 0 aliphatic rings. The van der Waals surface area contributed by atoms with E-state index in [1.165, 1.54) is 6.92 Å². The van der Waals surface area contributed by atoms with Crippen molar-refractivity contribution in [1.82, 2.24) is 10.0 Å². The second kappa shape index (κ2) is 10.2. The number of ketones is 1. The van der Waals surface area contributed by atoms with Crippen molar-refractivity contribution in [3.05, 3.63) is 47.0 Å². The van der Waals surface area contributed by atoms with Crippen LogP contribution in [-0.2, 0) is 11.3 Å². The minimum atomic E-state index is -0.913. The second-order valence-electron chi connectivity index (χ2n) is 8.41. The fourth-order valence-corrected chi connectivity index (χ4v) is 3.07. The van der Waals surface area contributed by atoms with Crippen molar-refractivity contribution in [3.63, 3.8) is 0 Å². The SMILES string of the molecule is CCCC[C@H](NC(=O)OC(C)(C)C)C(=O)c1c(C)c(O)n(OCc2ccccc2)c1O. The van der Waals surface area contributed by atoms with Gasteiger partial charge in [-0.05, 0) is 39.7 Å². The number of aromatic nitrogens is 1. The van der Waals surface area contributed by atoms with Gasteiger partial charge in [0, 0.05) is 5.56 Å². The van der Waals surface area contributed by atoms with Crippen molar-refractivity contribution >= 4 is 11.9 Å². The van der Waals surface area contributed by atoms with Gasteiger partial charge in [0.15, 0.2) is 5.78 Å². The standard InChI is InChI=1S/C23H32N2O6/c1-6-7-13-17(24-22(29)31-23(3,4)5)19(26)18-15(2)20(27)25(21(18)28)30-14-16-11-9-8-10-12-16/h8-12,17,27-28H,6-7,13-14H2,1-5H3,(H,24,29)/t17-/m0/s1. The molecule has 0 radical (unpaired) electrons. The van der Waals surface area contributed by atoms with Gasteiger partial charge in [0.1, 0.15) is 12.2 Å². The Labute approximate surface area is 182 Å². The number of carbonyl (C=O) groups excluding carboxylic acids is 2. The number of amides is 1. The van der Waals surface area contributed by atoms with Crippen molar-refractivity contribution in [1.29, 1.82) is 0 Å². The molecular weight excluding hydrogens is 400 g/mol. The van der Waals surface area contributed by atoms with Gasteiger partial charge in [-0.15, -0.1) is 4.73 Å². The Morgan fingerprint density at radius 3 is 2.35 bits per heavy atom. The summed E-state index contributed by atoms with van der Waals surface area (Å²) in [5.74, 6) is -1.40. The van der Waals surface area contributed by atoms with Crippen LogP contribution < -0.4 is 10.2 Å². The zero-order chi connectivity index (χ0) is 23.2. The summed E-state index contributed by atoms with van der Waals surface area (Å²) in [5, 5.41) is 23.7. The van der Waals surface area contributed by atoms with E-state index in [9.17, 15) is 19.8 Å². The minimum absolute atomic E-state index is 0.0825. The summed E-state index contributed by atoms with van der Waals surface area (Å²) in [7, 11) is 0. The Morgan fingerprint density at radius 1 is 1.13 bits per heavy atom. The molecule has 0 aliphatic carbocycles. The maximum Gasteiger partial charge on any atom is 0.408 e. The molecule has 170 valence electrons. The van der Waals surface area contributed by atoms with Crippen LogP contribution in [0.3, 0.4) is 0 Å². The van der Waals surface area contributed by atoms with Crippen molar-refractivity contribution in [2.75, 3.05) is 0 Å². The summed E-state index contributed by atoms with van der Waals surface area (Å²) in [6, 6.07) is 8.31. The van der Waals surface area contributed by atoms with Crippen LogP contribution in [0.1, 0.15) is 68.4 Å². The Morgan fingerprint density at radius 2 is 1.77 bits per heavy atom. The molecule has 31 heavy (non-hydrogen) atoms. The maximum absolute atomic E-state index is 13.2. The average Bonchev–Trinajstić information content (AvgIpc) is 2.91. The lowest BCUT2D eigenvalue weighted by Gasteiger charge is -2.23. The first-order valence-corrected chi connectivity index (χ1v) is 10.4. The number of unbranched alkanes of at least 4 members (excludes halogenated alkanes) is 1. The number of hydrogen-bond donors (Lipinski definition) is 3. The molecule has 2 aromatic rings. The lowest BCUT2D eigenvalue weighted by molar-refractivity contribution is 0.0485. The van der Waals surface area contributed by atoms with Gasteiger partial charge in [-0.1, -0.05) is 50.1 Å². The molecule has 1 amide bonds. The van der Waals surface area contributed by atoms with E-state index in [1.54, 1.807) is 20.8 Å². The van der Waals surface area contributed by atoms with E-state index < -0.39 is 29.4 Å². The monoisotopic (exact) mass is 432 g/mol. The number of carbonyl (C=O) groups is 2. The zero-order valence-electron chi connectivity index (χ0n) is 18.8. The number of Topliss-reactive ketones (excluding diaryl/α,β-unsaturated/α-hetero) is 1. The van der Waals surface area contributed by atoms with Crippen LogP contribution in [-0.4, -0.2) is 38.5 Å². The van der Waals surface area contributed by atoms with Crippen LogP contribution in [0.25, 0.3) is 0 Å². The molecule has 8 nitrogen and oxygen atoms in total. The molecule has 0 saturated heterocycles.